The summed E-state index contributed by atoms with van der Waals surface area (Å²) in [5.74, 6) is -0.919. The van der Waals surface area contributed by atoms with Crippen LogP contribution >= 0.6 is 0 Å². The molecule has 0 aliphatic carbocycles. The Morgan fingerprint density at radius 3 is 2.81 bits per heavy atom. The first kappa shape index (κ1) is 15.8. The minimum atomic E-state index is -3.82. The van der Waals surface area contributed by atoms with Crippen molar-refractivity contribution >= 4 is 21.7 Å². The number of hydrogen-bond acceptors (Lipinski definition) is 4. The molecule has 0 bridgehead atoms. The van der Waals surface area contributed by atoms with Crippen molar-refractivity contribution in [2.75, 3.05) is 18.8 Å². The van der Waals surface area contributed by atoms with Gasteiger partial charge in [0, 0.05) is 18.8 Å². The molecule has 6 nitrogen and oxygen atoms in total. The first-order valence-electron chi connectivity index (χ1n) is 6.99. The smallest absolute Gasteiger partial charge is 0.337 e. The fraction of sp³-hybridized carbons (Fsp3) is 0.500. The normalized spacial score (nSPS) is 19.8. The van der Waals surface area contributed by atoms with E-state index in [4.69, 9.17) is 5.73 Å². The number of rotatable bonds is 5. The van der Waals surface area contributed by atoms with Crippen molar-refractivity contribution in [2.45, 2.75) is 31.1 Å². The molecule has 1 aromatic rings. The number of nitrogens with two attached hydrogens (primary N) is 1. The summed E-state index contributed by atoms with van der Waals surface area (Å²) in [6, 6.07) is 3.86. The molecule has 116 valence electrons. The molecule has 7 heteroatoms. The van der Waals surface area contributed by atoms with Gasteiger partial charge >= 0.3 is 5.97 Å². The van der Waals surface area contributed by atoms with Crippen molar-refractivity contribution < 1.29 is 18.3 Å². The zero-order valence-electron chi connectivity index (χ0n) is 11.9. The lowest BCUT2D eigenvalue weighted by Crippen LogP contribution is -2.30. The molecule has 21 heavy (non-hydrogen) atoms. The summed E-state index contributed by atoms with van der Waals surface area (Å²) in [5.41, 5.74) is 5.63. The number of nitrogen functional groups attached to an aromatic ring is 1. The maximum Gasteiger partial charge on any atom is 0.337 e. The lowest BCUT2D eigenvalue weighted by Gasteiger charge is -2.18. The quantitative estimate of drug-likeness (QED) is 0.807. The molecular weight excluding hydrogens is 292 g/mol. The highest BCUT2D eigenvalue weighted by molar-refractivity contribution is 7.89. The Labute approximate surface area is 124 Å². The van der Waals surface area contributed by atoms with Crippen LogP contribution in [0.1, 0.15) is 36.5 Å². The Hall–Kier alpha value is -1.60. The lowest BCUT2D eigenvalue weighted by molar-refractivity contribution is 0.0692. The number of carboxylic acid groups (broad SMARTS) is 1. The summed E-state index contributed by atoms with van der Waals surface area (Å²) in [6.45, 7) is 2.95. The van der Waals surface area contributed by atoms with E-state index in [9.17, 15) is 18.3 Å². The maximum absolute atomic E-state index is 12.7. The Bertz CT molecular complexity index is 642. The number of carbonyl (C=O) groups is 1. The van der Waals surface area contributed by atoms with E-state index in [0.29, 0.717) is 19.0 Å². The van der Waals surface area contributed by atoms with Gasteiger partial charge in [0.05, 0.1) is 10.5 Å². The average Bonchev–Trinajstić information content (AvgIpc) is 2.88. The van der Waals surface area contributed by atoms with Crippen molar-refractivity contribution in [2.24, 2.45) is 5.92 Å². The predicted octanol–water partition coefficient (Wildman–Crippen LogP) is 1.78. The molecule has 0 spiro atoms. The molecule has 1 heterocycles. The Morgan fingerprint density at radius 2 is 2.19 bits per heavy atom. The van der Waals surface area contributed by atoms with Gasteiger partial charge in [-0.2, -0.15) is 4.31 Å². The van der Waals surface area contributed by atoms with Crippen molar-refractivity contribution in [3.8, 4) is 0 Å². The minimum Gasteiger partial charge on any atom is -0.478 e. The Kier molecular flexibility index (Phi) is 4.53. The standard InChI is InChI=1S/C14H20N2O4S/c1-2-3-10-6-7-16(9-10)21(19,20)13-8-11(15)4-5-12(13)14(17)18/h4-5,8,10H,2-3,6-7,9,15H2,1H3,(H,17,18). The molecule has 0 aromatic heterocycles. The topological polar surface area (TPSA) is 101 Å². The summed E-state index contributed by atoms with van der Waals surface area (Å²) in [7, 11) is -3.82. The van der Waals surface area contributed by atoms with Gasteiger partial charge in [0.2, 0.25) is 10.0 Å². The van der Waals surface area contributed by atoms with Gasteiger partial charge in [-0.25, -0.2) is 13.2 Å². The second kappa shape index (κ2) is 6.03. The number of nitrogens with zero attached hydrogens (tertiary/aromatic N) is 1. The number of carboxylic acids is 1. The minimum absolute atomic E-state index is 0.216. The van der Waals surface area contributed by atoms with E-state index in [-0.39, 0.29) is 16.1 Å². The van der Waals surface area contributed by atoms with E-state index >= 15 is 0 Å². The third kappa shape index (κ3) is 3.19. The number of aromatic carboxylic acids is 1. The zero-order valence-corrected chi connectivity index (χ0v) is 12.8. The highest BCUT2D eigenvalue weighted by atomic mass is 32.2. The van der Waals surface area contributed by atoms with E-state index < -0.39 is 16.0 Å². The Balaban J connectivity index is 2.36. The molecule has 0 amide bonds. The largest absolute Gasteiger partial charge is 0.478 e. The average molecular weight is 312 g/mol. The number of anilines is 1. The molecule has 1 atom stereocenters. The highest BCUT2D eigenvalue weighted by Gasteiger charge is 2.34. The van der Waals surface area contributed by atoms with Crippen LogP contribution in [-0.2, 0) is 10.0 Å². The van der Waals surface area contributed by atoms with Gasteiger partial charge in [0.25, 0.3) is 0 Å². The summed E-state index contributed by atoms with van der Waals surface area (Å²) in [4.78, 5) is 11.0. The van der Waals surface area contributed by atoms with Crippen LogP contribution in [0.25, 0.3) is 0 Å². The number of sulfonamides is 1. The molecule has 3 N–H and O–H groups in total. The van der Waals surface area contributed by atoms with Crippen LogP contribution in [-0.4, -0.2) is 36.9 Å². The van der Waals surface area contributed by atoms with Crippen molar-refractivity contribution in [3.05, 3.63) is 23.8 Å². The van der Waals surface area contributed by atoms with E-state index in [1.165, 1.54) is 22.5 Å². The zero-order chi connectivity index (χ0) is 15.6. The first-order chi connectivity index (χ1) is 9.86. The highest BCUT2D eigenvalue weighted by Crippen LogP contribution is 2.29. The van der Waals surface area contributed by atoms with Gasteiger partial charge in [-0.1, -0.05) is 13.3 Å². The molecule has 1 fully saturated rings. The molecule has 0 saturated carbocycles. The molecule has 1 saturated heterocycles. The molecule has 0 radical (unpaired) electrons. The van der Waals surface area contributed by atoms with Crippen LogP contribution in [0, 0.1) is 5.92 Å². The third-order valence-electron chi connectivity index (χ3n) is 3.80. The van der Waals surface area contributed by atoms with Crippen LogP contribution in [0.2, 0.25) is 0 Å². The molecule has 1 aromatic carbocycles. The molecule has 1 unspecified atom stereocenters. The van der Waals surface area contributed by atoms with E-state index in [1.807, 2.05) is 0 Å². The fourth-order valence-corrected chi connectivity index (χ4v) is 4.48. The van der Waals surface area contributed by atoms with Crippen molar-refractivity contribution in [1.82, 2.24) is 4.31 Å². The van der Waals surface area contributed by atoms with Gasteiger partial charge in [-0.3, -0.25) is 0 Å². The fourth-order valence-electron chi connectivity index (χ4n) is 2.73. The SMILES string of the molecule is CCCC1CCN(S(=O)(=O)c2cc(N)ccc2C(=O)O)C1. The lowest BCUT2D eigenvalue weighted by atomic mass is 10.0. The maximum atomic E-state index is 12.7. The summed E-state index contributed by atoms with van der Waals surface area (Å²) >= 11 is 0. The number of benzene rings is 1. The van der Waals surface area contributed by atoms with Crippen LogP contribution < -0.4 is 5.73 Å². The van der Waals surface area contributed by atoms with Crippen LogP contribution in [0.5, 0.6) is 0 Å². The van der Waals surface area contributed by atoms with E-state index in [1.54, 1.807) is 0 Å². The summed E-state index contributed by atoms with van der Waals surface area (Å²) < 4.78 is 26.7. The first-order valence-corrected chi connectivity index (χ1v) is 8.43. The van der Waals surface area contributed by atoms with E-state index in [0.717, 1.165) is 19.3 Å². The molecule has 1 aliphatic rings. The van der Waals surface area contributed by atoms with Gasteiger partial charge in [0.1, 0.15) is 0 Å². The van der Waals surface area contributed by atoms with Crippen LogP contribution in [0.4, 0.5) is 5.69 Å². The summed E-state index contributed by atoms with van der Waals surface area (Å²) in [6.07, 6.45) is 2.81. The second-order valence-corrected chi connectivity index (χ2v) is 7.27. The number of hydrogen-bond donors (Lipinski definition) is 2. The van der Waals surface area contributed by atoms with Crippen molar-refractivity contribution in [3.63, 3.8) is 0 Å². The van der Waals surface area contributed by atoms with Gasteiger partial charge in [-0.15, -0.1) is 0 Å². The van der Waals surface area contributed by atoms with Crippen LogP contribution in [0.3, 0.4) is 0 Å². The molecule has 1 aliphatic heterocycles. The molecular formula is C14H20N2O4S. The van der Waals surface area contributed by atoms with Gasteiger partial charge in [0.15, 0.2) is 0 Å². The predicted molar refractivity (Wildman–Crippen MR) is 79.6 cm³/mol. The molecule has 2 rings (SSSR count). The summed E-state index contributed by atoms with van der Waals surface area (Å²) in [5, 5.41) is 9.18. The van der Waals surface area contributed by atoms with Gasteiger partial charge < -0.3 is 10.8 Å². The Morgan fingerprint density at radius 1 is 1.48 bits per heavy atom. The third-order valence-corrected chi connectivity index (χ3v) is 5.70. The van der Waals surface area contributed by atoms with E-state index in [2.05, 4.69) is 6.92 Å². The monoisotopic (exact) mass is 312 g/mol. The van der Waals surface area contributed by atoms with Crippen molar-refractivity contribution in [1.29, 1.82) is 0 Å². The second-order valence-electron chi connectivity index (χ2n) is 5.37. The van der Waals surface area contributed by atoms with Crippen LogP contribution in [0.15, 0.2) is 23.1 Å². The van der Waals surface area contributed by atoms with Gasteiger partial charge in [-0.05, 0) is 37.0 Å².